The highest BCUT2D eigenvalue weighted by molar-refractivity contribution is 8.00. The van der Waals surface area contributed by atoms with E-state index >= 15 is 0 Å². The molecule has 0 saturated carbocycles. The number of hydrogen-bond donors (Lipinski definition) is 1. The van der Waals surface area contributed by atoms with E-state index in [-0.39, 0.29) is 23.0 Å². The van der Waals surface area contributed by atoms with Crippen molar-refractivity contribution in [3.05, 3.63) is 107 Å². The van der Waals surface area contributed by atoms with Crippen LogP contribution in [-0.4, -0.2) is 29.0 Å². The molecule has 0 bridgehead atoms. The highest BCUT2D eigenvalue weighted by Crippen LogP contribution is 2.38. The van der Waals surface area contributed by atoms with Crippen molar-refractivity contribution in [3.63, 3.8) is 0 Å². The maximum Gasteiger partial charge on any atom is 0.251 e. The predicted molar refractivity (Wildman–Crippen MR) is 121 cm³/mol. The summed E-state index contributed by atoms with van der Waals surface area (Å²) in [5.41, 5.74) is 3.61. The van der Waals surface area contributed by atoms with E-state index in [4.69, 9.17) is 0 Å². The molecule has 3 aromatic carbocycles. The first kappa shape index (κ1) is 21.1. The summed E-state index contributed by atoms with van der Waals surface area (Å²) < 4.78 is 13.0. The molecule has 0 aromatic heterocycles. The van der Waals surface area contributed by atoms with Gasteiger partial charge in [-0.3, -0.25) is 9.59 Å². The van der Waals surface area contributed by atoms with Gasteiger partial charge in [-0.25, -0.2) is 4.39 Å². The zero-order valence-electron chi connectivity index (χ0n) is 17.0. The van der Waals surface area contributed by atoms with Gasteiger partial charge in [-0.2, -0.15) is 0 Å². The first-order valence-electron chi connectivity index (χ1n) is 10.2. The summed E-state index contributed by atoms with van der Waals surface area (Å²) in [4.78, 5) is 26.8. The lowest BCUT2D eigenvalue weighted by Crippen LogP contribution is -2.30. The Morgan fingerprint density at radius 3 is 2.39 bits per heavy atom. The monoisotopic (exact) mass is 434 g/mol. The minimum Gasteiger partial charge on any atom is -0.348 e. The fourth-order valence-corrected chi connectivity index (χ4v) is 4.77. The molecule has 31 heavy (non-hydrogen) atoms. The number of thioether (sulfide) groups is 1. The predicted octanol–water partition coefficient (Wildman–Crippen LogP) is 4.57. The van der Waals surface area contributed by atoms with Crippen LogP contribution in [0.1, 0.15) is 32.4 Å². The third-order valence-electron chi connectivity index (χ3n) is 5.28. The second-order valence-electron chi connectivity index (χ2n) is 7.42. The second-order valence-corrected chi connectivity index (χ2v) is 8.49. The van der Waals surface area contributed by atoms with Gasteiger partial charge in [0.15, 0.2) is 0 Å². The van der Waals surface area contributed by atoms with Gasteiger partial charge in [0, 0.05) is 18.7 Å². The molecular weight excluding hydrogens is 411 g/mol. The molecule has 0 aliphatic carbocycles. The molecule has 4 rings (SSSR count). The molecule has 2 amide bonds. The summed E-state index contributed by atoms with van der Waals surface area (Å²) in [6.07, 6.45) is 0.813. The quantitative estimate of drug-likeness (QED) is 0.593. The van der Waals surface area contributed by atoms with Crippen LogP contribution >= 0.6 is 11.8 Å². The number of halogens is 1. The van der Waals surface area contributed by atoms with E-state index in [2.05, 4.69) is 17.4 Å². The minimum atomic E-state index is -0.299. The summed E-state index contributed by atoms with van der Waals surface area (Å²) in [6, 6.07) is 23.6. The number of nitrogens with one attached hydrogen (secondary N) is 1. The van der Waals surface area contributed by atoms with Crippen LogP contribution in [0.25, 0.3) is 0 Å². The molecule has 0 unspecified atom stereocenters. The summed E-state index contributed by atoms with van der Waals surface area (Å²) >= 11 is 1.61. The first-order chi connectivity index (χ1) is 15.1. The van der Waals surface area contributed by atoms with Crippen LogP contribution in [0.3, 0.4) is 0 Å². The van der Waals surface area contributed by atoms with Crippen LogP contribution in [-0.2, 0) is 17.8 Å². The summed E-state index contributed by atoms with van der Waals surface area (Å²) in [6.45, 7) is 1.00. The van der Waals surface area contributed by atoms with Crippen LogP contribution in [0.4, 0.5) is 4.39 Å². The van der Waals surface area contributed by atoms with Gasteiger partial charge in [0.25, 0.3) is 5.91 Å². The third-order valence-corrected chi connectivity index (χ3v) is 6.53. The van der Waals surface area contributed by atoms with Crippen LogP contribution in [0.5, 0.6) is 0 Å². The molecule has 1 saturated heterocycles. The largest absolute Gasteiger partial charge is 0.348 e. The van der Waals surface area contributed by atoms with E-state index in [9.17, 15) is 14.0 Å². The molecule has 1 atom stereocenters. The smallest absolute Gasteiger partial charge is 0.251 e. The van der Waals surface area contributed by atoms with Gasteiger partial charge in [-0.05, 0) is 47.4 Å². The average Bonchev–Trinajstić information content (AvgIpc) is 3.18. The van der Waals surface area contributed by atoms with Gasteiger partial charge in [0.2, 0.25) is 5.91 Å². The van der Waals surface area contributed by atoms with Gasteiger partial charge in [-0.15, -0.1) is 11.8 Å². The lowest BCUT2D eigenvalue weighted by molar-refractivity contribution is -0.128. The summed E-state index contributed by atoms with van der Waals surface area (Å²) in [5.74, 6) is 0.130. The SMILES string of the molecule is O=C(NCc1ccc(F)cc1)c1ccc([C@H]2SCC(=O)N2CCc2ccccc2)cc1. The zero-order chi connectivity index (χ0) is 21.6. The average molecular weight is 435 g/mol. The molecule has 4 nitrogen and oxygen atoms in total. The Bertz CT molecular complexity index is 1040. The first-order valence-corrected chi connectivity index (χ1v) is 11.2. The molecule has 1 N–H and O–H groups in total. The number of carbonyl (C=O) groups excluding carboxylic acids is 2. The second kappa shape index (κ2) is 9.79. The van der Waals surface area contributed by atoms with E-state index in [1.165, 1.54) is 17.7 Å². The number of nitrogens with zero attached hydrogens (tertiary/aromatic N) is 1. The van der Waals surface area contributed by atoms with Crippen LogP contribution in [0.2, 0.25) is 0 Å². The van der Waals surface area contributed by atoms with E-state index in [0.29, 0.717) is 24.4 Å². The maximum absolute atomic E-state index is 13.0. The van der Waals surface area contributed by atoms with Crippen molar-refractivity contribution in [3.8, 4) is 0 Å². The topological polar surface area (TPSA) is 49.4 Å². The van der Waals surface area contributed by atoms with Crippen LogP contribution < -0.4 is 5.32 Å². The summed E-state index contributed by atoms with van der Waals surface area (Å²) in [7, 11) is 0. The lowest BCUT2D eigenvalue weighted by atomic mass is 10.1. The molecule has 6 heteroatoms. The van der Waals surface area contributed by atoms with Crippen molar-refractivity contribution in [1.82, 2.24) is 10.2 Å². The molecule has 3 aromatic rings. The fraction of sp³-hybridized carbons (Fsp3) is 0.200. The minimum absolute atomic E-state index is 0.0347. The van der Waals surface area contributed by atoms with E-state index in [1.54, 1.807) is 36.0 Å². The highest BCUT2D eigenvalue weighted by Gasteiger charge is 2.32. The van der Waals surface area contributed by atoms with E-state index in [0.717, 1.165) is 17.5 Å². The number of hydrogen-bond acceptors (Lipinski definition) is 3. The van der Waals surface area contributed by atoms with E-state index < -0.39 is 0 Å². The zero-order valence-corrected chi connectivity index (χ0v) is 17.8. The molecular formula is C25H23FN2O2S. The van der Waals surface area contributed by atoms with Crippen molar-refractivity contribution in [2.24, 2.45) is 0 Å². The Balaban J connectivity index is 1.37. The Morgan fingerprint density at radius 2 is 1.68 bits per heavy atom. The van der Waals surface area contributed by atoms with Crippen molar-refractivity contribution >= 4 is 23.6 Å². The molecule has 1 aliphatic rings. The Hall–Kier alpha value is -3.12. The number of benzene rings is 3. The summed E-state index contributed by atoms with van der Waals surface area (Å²) in [5, 5.41) is 2.81. The molecule has 0 spiro atoms. The van der Waals surface area contributed by atoms with E-state index in [1.807, 2.05) is 35.2 Å². The standard InChI is InChI=1S/C25H23FN2O2S/c26-22-12-6-19(7-13-22)16-27-24(30)20-8-10-21(11-9-20)25-28(23(29)17-31-25)15-14-18-4-2-1-3-5-18/h1-13,25H,14-17H2,(H,27,30)/t25-/m1/s1. The maximum atomic E-state index is 13.0. The highest BCUT2D eigenvalue weighted by atomic mass is 32.2. The van der Waals surface area contributed by atoms with Gasteiger partial charge >= 0.3 is 0 Å². The molecule has 1 aliphatic heterocycles. The Kier molecular flexibility index (Phi) is 6.67. The fourth-order valence-electron chi connectivity index (χ4n) is 3.55. The third kappa shape index (κ3) is 5.33. The van der Waals surface area contributed by atoms with Crippen molar-refractivity contribution in [1.29, 1.82) is 0 Å². The lowest BCUT2D eigenvalue weighted by Gasteiger charge is -2.24. The number of carbonyl (C=O) groups is 2. The molecule has 0 radical (unpaired) electrons. The Labute approximate surface area is 185 Å². The van der Waals surface area contributed by atoms with Crippen LogP contribution in [0.15, 0.2) is 78.9 Å². The number of rotatable bonds is 7. The van der Waals surface area contributed by atoms with Gasteiger partial charge in [0.1, 0.15) is 11.2 Å². The molecule has 158 valence electrons. The molecule has 1 fully saturated rings. The van der Waals surface area contributed by atoms with Crippen molar-refractivity contribution in [2.45, 2.75) is 18.3 Å². The van der Waals surface area contributed by atoms with Crippen molar-refractivity contribution < 1.29 is 14.0 Å². The van der Waals surface area contributed by atoms with Gasteiger partial charge in [0.05, 0.1) is 5.75 Å². The normalized spacial score (nSPS) is 15.8. The van der Waals surface area contributed by atoms with Gasteiger partial charge < -0.3 is 10.2 Å². The van der Waals surface area contributed by atoms with Crippen molar-refractivity contribution in [2.75, 3.05) is 12.3 Å². The Morgan fingerprint density at radius 1 is 0.968 bits per heavy atom. The molecule has 1 heterocycles. The van der Waals surface area contributed by atoms with Crippen LogP contribution in [0, 0.1) is 5.82 Å². The number of amides is 2. The van der Waals surface area contributed by atoms with Gasteiger partial charge in [-0.1, -0.05) is 54.6 Å².